The molecule has 0 saturated carbocycles. The van der Waals surface area contributed by atoms with Crippen molar-refractivity contribution in [1.29, 1.82) is 0 Å². The molecule has 0 fully saturated rings. The zero-order valence-electron chi connectivity index (χ0n) is 15.0. The summed E-state index contributed by atoms with van der Waals surface area (Å²) in [4.78, 5) is 4.17. The first-order chi connectivity index (χ1) is 12.3. The van der Waals surface area contributed by atoms with Gasteiger partial charge in [0.05, 0.1) is 6.54 Å². The van der Waals surface area contributed by atoms with Crippen LogP contribution in [0.4, 0.5) is 17.6 Å². The number of halogens is 5. The molecule has 2 aromatic rings. The average molecular weight is 499 g/mol. The van der Waals surface area contributed by atoms with Crippen molar-refractivity contribution >= 4 is 29.9 Å². The highest BCUT2D eigenvalue weighted by molar-refractivity contribution is 14.0. The molecule has 0 amide bonds. The number of guanidine groups is 1. The number of hydrogen-bond donors (Lipinski definition) is 2. The van der Waals surface area contributed by atoms with E-state index in [9.17, 15) is 17.6 Å². The van der Waals surface area contributed by atoms with Gasteiger partial charge in [0.1, 0.15) is 5.82 Å². The summed E-state index contributed by atoms with van der Waals surface area (Å²) in [5, 5.41) is 9.41. The fourth-order valence-corrected chi connectivity index (χ4v) is 2.41. The predicted molar refractivity (Wildman–Crippen MR) is 107 cm³/mol. The van der Waals surface area contributed by atoms with Crippen molar-refractivity contribution in [2.75, 3.05) is 13.1 Å². The summed E-state index contributed by atoms with van der Waals surface area (Å²) in [6.07, 6.45) is -2.80. The zero-order chi connectivity index (χ0) is 19.2. The van der Waals surface area contributed by atoms with Crippen molar-refractivity contribution in [3.63, 3.8) is 0 Å². The maximum Gasteiger partial charge on any atom is 0.435 e. The number of nitrogens with zero attached hydrogens (tertiary/aromatic N) is 3. The van der Waals surface area contributed by atoms with Crippen molar-refractivity contribution in [2.24, 2.45) is 12.0 Å². The van der Waals surface area contributed by atoms with Gasteiger partial charge in [-0.05, 0) is 25.0 Å². The van der Waals surface area contributed by atoms with Crippen LogP contribution in [0.15, 0.2) is 35.5 Å². The van der Waals surface area contributed by atoms with Gasteiger partial charge in [0, 0.05) is 31.9 Å². The van der Waals surface area contributed by atoms with Crippen LogP contribution in [0.2, 0.25) is 0 Å². The van der Waals surface area contributed by atoms with Gasteiger partial charge < -0.3 is 10.6 Å². The molecule has 10 heteroatoms. The molecule has 0 atom stereocenters. The third-order valence-corrected chi connectivity index (χ3v) is 3.57. The molecule has 0 aliphatic heterocycles. The van der Waals surface area contributed by atoms with E-state index in [2.05, 4.69) is 20.7 Å². The Labute approximate surface area is 172 Å². The van der Waals surface area contributed by atoms with Crippen LogP contribution in [0.25, 0.3) is 0 Å². The first-order valence-corrected chi connectivity index (χ1v) is 8.16. The molecule has 2 rings (SSSR count). The van der Waals surface area contributed by atoms with E-state index in [0.29, 0.717) is 31.0 Å². The van der Waals surface area contributed by atoms with E-state index >= 15 is 0 Å². The molecular formula is C17H22F4IN5. The number of benzene rings is 1. The summed E-state index contributed by atoms with van der Waals surface area (Å²) in [5.41, 5.74) is -0.389. The summed E-state index contributed by atoms with van der Waals surface area (Å²) in [5.74, 6) is 0.0715. The van der Waals surface area contributed by atoms with Crippen LogP contribution >= 0.6 is 24.0 Å². The Kier molecular flexibility index (Phi) is 9.00. The Morgan fingerprint density at radius 2 is 1.89 bits per heavy atom. The van der Waals surface area contributed by atoms with E-state index in [1.54, 1.807) is 18.2 Å². The molecular weight excluding hydrogens is 477 g/mol. The molecule has 0 spiro atoms. The lowest BCUT2D eigenvalue weighted by Crippen LogP contribution is -2.38. The van der Waals surface area contributed by atoms with E-state index in [1.807, 2.05) is 6.92 Å². The summed E-state index contributed by atoms with van der Waals surface area (Å²) in [6, 6.07) is 6.44. The van der Waals surface area contributed by atoms with Crippen LogP contribution in [0.3, 0.4) is 0 Å². The maximum atomic E-state index is 13.6. The van der Waals surface area contributed by atoms with Gasteiger partial charge in [0.15, 0.2) is 11.7 Å². The first-order valence-electron chi connectivity index (χ1n) is 8.16. The Bertz CT molecular complexity index is 758. The largest absolute Gasteiger partial charge is 0.435 e. The summed E-state index contributed by atoms with van der Waals surface area (Å²) < 4.78 is 53.6. The lowest BCUT2D eigenvalue weighted by Gasteiger charge is -2.12. The highest BCUT2D eigenvalue weighted by Gasteiger charge is 2.36. The van der Waals surface area contributed by atoms with Crippen molar-refractivity contribution in [1.82, 2.24) is 20.4 Å². The van der Waals surface area contributed by atoms with E-state index in [4.69, 9.17) is 0 Å². The van der Waals surface area contributed by atoms with Crippen LogP contribution in [-0.2, 0) is 26.2 Å². The number of rotatable bonds is 6. The normalized spacial score (nSPS) is 11.9. The van der Waals surface area contributed by atoms with Crippen molar-refractivity contribution in [2.45, 2.75) is 26.1 Å². The monoisotopic (exact) mass is 499 g/mol. The second-order valence-corrected chi connectivity index (χ2v) is 5.64. The minimum Gasteiger partial charge on any atom is -0.357 e. The second kappa shape index (κ2) is 10.5. The third-order valence-electron chi connectivity index (χ3n) is 3.57. The average Bonchev–Trinajstić information content (AvgIpc) is 2.95. The highest BCUT2D eigenvalue weighted by atomic mass is 127. The molecule has 150 valence electrons. The van der Waals surface area contributed by atoms with Gasteiger partial charge in [-0.15, -0.1) is 24.0 Å². The molecule has 0 saturated heterocycles. The third kappa shape index (κ3) is 7.00. The van der Waals surface area contributed by atoms with E-state index in [0.717, 1.165) is 4.68 Å². The number of nitrogens with one attached hydrogen (secondary N) is 2. The minimum atomic E-state index is -4.53. The first kappa shape index (κ1) is 23.2. The maximum absolute atomic E-state index is 13.6. The quantitative estimate of drug-likeness (QED) is 0.277. The van der Waals surface area contributed by atoms with E-state index in [1.165, 1.54) is 19.3 Å². The fourth-order valence-electron chi connectivity index (χ4n) is 2.41. The summed E-state index contributed by atoms with van der Waals surface area (Å²) >= 11 is 0. The number of alkyl halides is 3. The van der Waals surface area contributed by atoms with Gasteiger partial charge in [0.2, 0.25) is 0 Å². The summed E-state index contributed by atoms with van der Waals surface area (Å²) in [7, 11) is 1.43. The van der Waals surface area contributed by atoms with Gasteiger partial charge in [-0.2, -0.15) is 18.3 Å². The number of aryl methyl sites for hydroxylation is 1. The van der Waals surface area contributed by atoms with Crippen LogP contribution in [0, 0.1) is 5.82 Å². The van der Waals surface area contributed by atoms with Crippen molar-refractivity contribution < 1.29 is 17.6 Å². The van der Waals surface area contributed by atoms with E-state index < -0.39 is 11.9 Å². The topological polar surface area (TPSA) is 54.2 Å². The van der Waals surface area contributed by atoms with Crippen molar-refractivity contribution in [3.05, 3.63) is 53.1 Å². The Balaban J connectivity index is 0.00000364. The molecule has 1 heterocycles. The predicted octanol–water partition coefficient (Wildman–Crippen LogP) is 3.49. The van der Waals surface area contributed by atoms with Gasteiger partial charge >= 0.3 is 6.18 Å². The molecule has 2 N–H and O–H groups in total. The van der Waals surface area contributed by atoms with Crippen LogP contribution in [0.1, 0.15) is 23.7 Å². The van der Waals surface area contributed by atoms with Crippen molar-refractivity contribution in [3.8, 4) is 0 Å². The molecule has 5 nitrogen and oxygen atoms in total. The smallest absolute Gasteiger partial charge is 0.357 e. The lowest BCUT2D eigenvalue weighted by molar-refractivity contribution is -0.142. The molecule has 27 heavy (non-hydrogen) atoms. The highest BCUT2D eigenvalue weighted by Crippen LogP contribution is 2.30. The standard InChI is InChI=1S/C17H21F4N5.HI/c1-3-22-16(23-9-8-12-6-4-5-7-14(12)18)24-10-13-11-26(2)25-15(13)17(19,20)21;/h4-7,11H,3,8-10H2,1-2H3,(H2,22,23,24);1H. The Morgan fingerprint density at radius 1 is 1.19 bits per heavy atom. The molecule has 1 aromatic carbocycles. The molecule has 0 aliphatic rings. The molecule has 0 bridgehead atoms. The van der Waals surface area contributed by atoms with Gasteiger partial charge in [-0.1, -0.05) is 18.2 Å². The minimum absolute atomic E-state index is 0. The van der Waals surface area contributed by atoms with Gasteiger partial charge in [-0.3, -0.25) is 4.68 Å². The molecule has 0 aliphatic carbocycles. The number of hydrogen-bond acceptors (Lipinski definition) is 2. The SMILES string of the molecule is CCNC(=NCc1cn(C)nc1C(F)(F)F)NCCc1ccccc1F.I. The fraction of sp³-hybridized carbons (Fsp3) is 0.412. The summed E-state index contributed by atoms with van der Waals surface area (Å²) in [6.45, 7) is 2.62. The van der Waals surface area contributed by atoms with Crippen LogP contribution in [0.5, 0.6) is 0 Å². The lowest BCUT2D eigenvalue weighted by atomic mass is 10.1. The Morgan fingerprint density at radius 3 is 2.52 bits per heavy atom. The molecule has 0 unspecified atom stereocenters. The molecule has 1 aromatic heterocycles. The van der Waals surface area contributed by atoms with Gasteiger partial charge in [-0.25, -0.2) is 9.38 Å². The zero-order valence-corrected chi connectivity index (χ0v) is 17.3. The number of aromatic nitrogens is 2. The molecule has 0 radical (unpaired) electrons. The van der Waals surface area contributed by atoms with Crippen LogP contribution < -0.4 is 10.6 Å². The van der Waals surface area contributed by atoms with E-state index in [-0.39, 0.29) is 41.9 Å². The number of aliphatic imine (C=N–C) groups is 1. The second-order valence-electron chi connectivity index (χ2n) is 5.64. The van der Waals surface area contributed by atoms with Crippen LogP contribution in [-0.4, -0.2) is 28.8 Å². The Hall–Kier alpha value is -1.85. The van der Waals surface area contributed by atoms with Gasteiger partial charge in [0.25, 0.3) is 0 Å².